The van der Waals surface area contributed by atoms with E-state index in [9.17, 15) is 9.59 Å². The minimum absolute atomic E-state index is 0.344. The van der Waals surface area contributed by atoms with Gasteiger partial charge in [-0.2, -0.15) is 0 Å². The predicted octanol–water partition coefficient (Wildman–Crippen LogP) is 1.80. The van der Waals surface area contributed by atoms with E-state index in [1.54, 1.807) is 0 Å². The van der Waals surface area contributed by atoms with Crippen LogP contribution in [0.1, 0.15) is 12.5 Å². The molecule has 0 aliphatic heterocycles. The molecule has 0 spiro atoms. The molecule has 2 N–H and O–H groups in total. The Hall–Kier alpha value is -2.20. The van der Waals surface area contributed by atoms with Gasteiger partial charge in [0.05, 0.1) is 0 Å². The van der Waals surface area contributed by atoms with Crippen molar-refractivity contribution in [2.75, 3.05) is 0 Å². The van der Waals surface area contributed by atoms with E-state index in [0.29, 0.717) is 6.42 Å². The van der Waals surface area contributed by atoms with Crippen LogP contribution in [0.3, 0.4) is 0 Å². The fraction of sp³-hybridized carbons (Fsp3) is 0.200. The average Bonchev–Trinajstić information content (AvgIpc) is 2.37. The minimum Gasteiger partial charge on any atom is -0.392 e. The second kappa shape index (κ2) is 5.63. The van der Waals surface area contributed by atoms with Crippen LogP contribution in [0, 0.1) is 0 Å². The maximum absolute atomic E-state index is 11.5. The van der Waals surface area contributed by atoms with Crippen LogP contribution in [-0.4, -0.2) is 18.0 Å². The van der Waals surface area contributed by atoms with E-state index in [2.05, 4.69) is 4.74 Å². The minimum atomic E-state index is -0.829. The van der Waals surface area contributed by atoms with Crippen molar-refractivity contribution in [3.8, 4) is 0 Å². The number of carbonyl (C=O) groups is 2. The molecule has 4 nitrogen and oxygen atoms in total. The SMILES string of the molecule is CC(=O)OC(=O)[C@@H](N)Cc1ccc2ccccc2c1. The van der Waals surface area contributed by atoms with Gasteiger partial charge in [0.2, 0.25) is 0 Å². The Labute approximate surface area is 111 Å². The molecule has 1 atom stereocenters. The molecule has 98 valence electrons. The van der Waals surface area contributed by atoms with E-state index >= 15 is 0 Å². The molecule has 0 radical (unpaired) electrons. The second-order valence-electron chi connectivity index (χ2n) is 4.40. The molecule has 0 heterocycles. The topological polar surface area (TPSA) is 69.4 Å². The van der Waals surface area contributed by atoms with Gasteiger partial charge >= 0.3 is 11.9 Å². The van der Waals surface area contributed by atoms with E-state index in [4.69, 9.17) is 5.73 Å². The third-order valence-corrected chi connectivity index (χ3v) is 2.82. The molecule has 19 heavy (non-hydrogen) atoms. The summed E-state index contributed by atoms with van der Waals surface area (Å²) in [5.74, 6) is -1.33. The summed E-state index contributed by atoms with van der Waals surface area (Å²) in [4.78, 5) is 22.1. The van der Waals surface area contributed by atoms with Crippen LogP contribution < -0.4 is 5.73 Å². The van der Waals surface area contributed by atoms with E-state index in [0.717, 1.165) is 16.3 Å². The molecule has 2 aromatic carbocycles. The Morgan fingerprint density at radius 1 is 1.16 bits per heavy atom. The third kappa shape index (κ3) is 3.39. The first-order valence-electron chi connectivity index (χ1n) is 6.02. The lowest BCUT2D eigenvalue weighted by atomic mass is 10.0. The van der Waals surface area contributed by atoms with Gasteiger partial charge in [0, 0.05) is 6.92 Å². The molecule has 0 aliphatic carbocycles. The lowest BCUT2D eigenvalue weighted by molar-refractivity contribution is -0.159. The standard InChI is InChI=1S/C15H15NO3/c1-10(17)19-15(18)14(16)9-11-6-7-12-4-2-3-5-13(12)8-11/h2-8,14H,9,16H2,1H3/t14-/m0/s1. The molecule has 0 fully saturated rings. The third-order valence-electron chi connectivity index (χ3n) is 2.82. The zero-order chi connectivity index (χ0) is 13.8. The summed E-state index contributed by atoms with van der Waals surface area (Å²) in [6.07, 6.45) is 0.344. The Morgan fingerprint density at radius 3 is 2.53 bits per heavy atom. The first-order valence-corrected chi connectivity index (χ1v) is 6.02. The Bertz CT molecular complexity index is 622. The summed E-state index contributed by atoms with van der Waals surface area (Å²) in [7, 11) is 0. The van der Waals surface area contributed by atoms with Crippen molar-refractivity contribution in [2.24, 2.45) is 5.73 Å². The Balaban J connectivity index is 2.12. The summed E-state index contributed by atoms with van der Waals surface area (Å²) < 4.78 is 4.47. The predicted molar refractivity (Wildman–Crippen MR) is 72.4 cm³/mol. The van der Waals surface area contributed by atoms with Crippen molar-refractivity contribution >= 4 is 22.7 Å². The molecule has 0 aliphatic rings. The molecule has 0 saturated carbocycles. The van der Waals surface area contributed by atoms with Crippen molar-refractivity contribution in [3.63, 3.8) is 0 Å². The van der Waals surface area contributed by atoms with E-state index < -0.39 is 18.0 Å². The number of esters is 2. The number of hydrogen-bond donors (Lipinski definition) is 1. The highest BCUT2D eigenvalue weighted by molar-refractivity contribution is 5.87. The van der Waals surface area contributed by atoms with Crippen LogP contribution in [-0.2, 0) is 20.7 Å². The number of benzene rings is 2. The number of rotatable bonds is 3. The molecule has 2 aromatic rings. The quantitative estimate of drug-likeness (QED) is 0.672. The summed E-state index contributed by atoms with van der Waals surface area (Å²) in [6, 6.07) is 13.0. The Kier molecular flexibility index (Phi) is 3.92. The first kappa shape index (κ1) is 13.2. The molecule has 4 heteroatoms. The van der Waals surface area contributed by atoms with Gasteiger partial charge in [0.1, 0.15) is 6.04 Å². The first-order chi connectivity index (χ1) is 9.06. The van der Waals surface area contributed by atoms with E-state index in [1.807, 2.05) is 42.5 Å². The van der Waals surface area contributed by atoms with Crippen LogP contribution in [0.15, 0.2) is 42.5 Å². The molecule has 0 amide bonds. The zero-order valence-electron chi connectivity index (χ0n) is 10.6. The van der Waals surface area contributed by atoms with Crippen molar-refractivity contribution in [3.05, 3.63) is 48.0 Å². The van der Waals surface area contributed by atoms with Crippen LogP contribution in [0.2, 0.25) is 0 Å². The van der Waals surface area contributed by atoms with Crippen molar-refractivity contribution < 1.29 is 14.3 Å². The molecular formula is C15H15NO3. The molecule has 0 bridgehead atoms. The zero-order valence-corrected chi connectivity index (χ0v) is 10.6. The summed E-state index contributed by atoms with van der Waals surface area (Å²) >= 11 is 0. The van der Waals surface area contributed by atoms with Crippen molar-refractivity contribution in [2.45, 2.75) is 19.4 Å². The molecular weight excluding hydrogens is 242 g/mol. The van der Waals surface area contributed by atoms with Crippen LogP contribution >= 0.6 is 0 Å². The molecule has 0 unspecified atom stereocenters. The van der Waals surface area contributed by atoms with E-state index in [1.165, 1.54) is 6.92 Å². The van der Waals surface area contributed by atoms with E-state index in [-0.39, 0.29) is 0 Å². The van der Waals surface area contributed by atoms with Gasteiger partial charge in [0.25, 0.3) is 0 Å². The number of carbonyl (C=O) groups excluding carboxylic acids is 2. The normalized spacial score (nSPS) is 12.1. The van der Waals surface area contributed by atoms with Gasteiger partial charge in [0.15, 0.2) is 0 Å². The highest BCUT2D eigenvalue weighted by Gasteiger charge is 2.17. The van der Waals surface area contributed by atoms with Gasteiger partial charge in [-0.25, -0.2) is 4.79 Å². The second-order valence-corrected chi connectivity index (χ2v) is 4.40. The smallest absolute Gasteiger partial charge is 0.330 e. The fourth-order valence-corrected chi connectivity index (χ4v) is 1.92. The van der Waals surface area contributed by atoms with Crippen LogP contribution in [0.5, 0.6) is 0 Å². The fourth-order valence-electron chi connectivity index (χ4n) is 1.92. The number of hydrogen-bond acceptors (Lipinski definition) is 4. The maximum Gasteiger partial charge on any atom is 0.330 e. The molecule has 0 saturated heterocycles. The number of ether oxygens (including phenoxy) is 1. The number of nitrogens with two attached hydrogens (primary N) is 1. The van der Waals surface area contributed by atoms with Gasteiger partial charge in [-0.05, 0) is 22.8 Å². The van der Waals surface area contributed by atoms with Gasteiger partial charge < -0.3 is 10.5 Å². The highest BCUT2D eigenvalue weighted by Crippen LogP contribution is 2.16. The molecule has 0 aromatic heterocycles. The van der Waals surface area contributed by atoms with Crippen molar-refractivity contribution in [1.29, 1.82) is 0 Å². The van der Waals surface area contributed by atoms with Crippen LogP contribution in [0.4, 0.5) is 0 Å². The van der Waals surface area contributed by atoms with Gasteiger partial charge in [-0.15, -0.1) is 0 Å². The largest absolute Gasteiger partial charge is 0.392 e. The number of fused-ring (bicyclic) bond motifs is 1. The lowest BCUT2D eigenvalue weighted by Crippen LogP contribution is -2.35. The average molecular weight is 257 g/mol. The summed E-state index contributed by atoms with van der Waals surface area (Å²) in [5.41, 5.74) is 6.65. The highest BCUT2D eigenvalue weighted by atomic mass is 16.6. The molecule has 2 rings (SSSR count). The summed E-state index contributed by atoms with van der Waals surface area (Å²) in [6.45, 7) is 1.18. The maximum atomic E-state index is 11.5. The monoisotopic (exact) mass is 257 g/mol. The summed E-state index contributed by atoms with van der Waals surface area (Å²) in [5, 5.41) is 2.22. The van der Waals surface area contributed by atoms with Gasteiger partial charge in [-0.3, -0.25) is 4.79 Å². The Morgan fingerprint density at radius 2 is 1.84 bits per heavy atom. The van der Waals surface area contributed by atoms with Crippen molar-refractivity contribution in [1.82, 2.24) is 0 Å². The van der Waals surface area contributed by atoms with Gasteiger partial charge in [-0.1, -0.05) is 42.5 Å². The van der Waals surface area contributed by atoms with Crippen LogP contribution in [0.25, 0.3) is 10.8 Å². The lowest BCUT2D eigenvalue weighted by Gasteiger charge is -2.10.